The summed E-state index contributed by atoms with van der Waals surface area (Å²) in [6.45, 7) is 0.882. The molecule has 0 radical (unpaired) electrons. The van der Waals surface area contributed by atoms with Crippen molar-refractivity contribution in [2.75, 3.05) is 20.2 Å². The van der Waals surface area contributed by atoms with Crippen LogP contribution in [-0.2, 0) is 26.2 Å². The summed E-state index contributed by atoms with van der Waals surface area (Å²) < 4.78 is 12.1. The van der Waals surface area contributed by atoms with E-state index in [2.05, 4.69) is 22.9 Å². The van der Waals surface area contributed by atoms with Crippen molar-refractivity contribution in [3.05, 3.63) is 45.5 Å². The Labute approximate surface area is 179 Å². The van der Waals surface area contributed by atoms with Crippen LogP contribution in [0.5, 0.6) is 11.5 Å². The zero-order valence-corrected chi connectivity index (χ0v) is 17.4. The fraction of sp³-hybridized carbons (Fsp3) is 0.591. The van der Waals surface area contributed by atoms with Crippen LogP contribution in [0.15, 0.2) is 24.3 Å². The number of rotatable bonds is 7. The van der Waals surface area contributed by atoms with Gasteiger partial charge in [0.15, 0.2) is 17.6 Å². The lowest BCUT2D eigenvalue weighted by molar-refractivity contribution is -0.757. The summed E-state index contributed by atoms with van der Waals surface area (Å²) in [7, 11) is 2.15. The van der Waals surface area contributed by atoms with E-state index < -0.39 is 11.2 Å². The summed E-state index contributed by atoms with van der Waals surface area (Å²) >= 11 is 0. The van der Waals surface area contributed by atoms with Gasteiger partial charge in [0.05, 0.1) is 6.61 Å². The Balaban J connectivity index is 1.37. The number of piperidine rings is 1. The second-order valence-electron chi connectivity index (χ2n) is 8.91. The van der Waals surface area contributed by atoms with Crippen LogP contribution < -0.4 is 4.74 Å². The summed E-state index contributed by atoms with van der Waals surface area (Å²) in [6.07, 6.45) is 5.97. The largest absolute Gasteiger partial charge is 0.504 e. The Morgan fingerprint density at radius 3 is 3.03 bits per heavy atom. The van der Waals surface area contributed by atoms with Crippen molar-refractivity contribution < 1.29 is 29.3 Å². The summed E-state index contributed by atoms with van der Waals surface area (Å²) in [5.41, 5.74) is 1.99. The van der Waals surface area contributed by atoms with Crippen LogP contribution in [0.2, 0.25) is 0 Å². The number of phenols is 1. The van der Waals surface area contributed by atoms with E-state index in [0.717, 1.165) is 24.9 Å². The lowest BCUT2D eigenvalue weighted by Crippen LogP contribution is -2.65. The highest BCUT2D eigenvalue weighted by atomic mass is 16.9. The molecule has 166 valence electrons. The minimum absolute atomic E-state index is 0.0353. The van der Waals surface area contributed by atoms with Gasteiger partial charge in [-0.05, 0) is 57.0 Å². The molecule has 4 unspecified atom stereocenters. The number of carbonyl (C=O) groups excluding carboxylic acids is 1. The molecule has 1 saturated heterocycles. The van der Waals surface area contributed by atoms with E-state index in [1.54, 1.807) is 6.07 Å². The number of hydrogen-bond acceptors (Lipinski definition) is 8. The van der Waals surface area contributed by atoms with Crippen molar-refractivity contribution in [2.45, 2.75) is 55.8 Å². The first-order valence-corrected chi connectivity index (χ1v) is 10.8. The molecule has 1 aromatic rings. The lowest BCUT2D eigenvalue weighted by atomic mass is 9.53. The molecule has 1 N–H and O–H groups in total. The number of unbranched alkanes of at least 4 members (excludes halogenated alkanes) is 1. The van der Waals surface area contributed by atoms with Gasteiger partial charge in [-0.2, -0.15) is 0 Å². The third kappa shape index (κ3) is 3.05. The van der Waals surface area contributed by atoms with Gasteiger partial charge in [0.25, 0.3) is 5.09 Å². The highest BCUT2D eigenvalue weighted by Gasteiger charge is 2.65. The molecular formula is C22H26N2O7. The van der Waals surface area contributed by atoms with E-state index in [9.17, 15) is 20.0 Å². The maximum Gasteiger partial charge on any atom is 0.306 e. The van der Waals surface area contributed by atoms with Crippen molar-refractivity contribution in [1.29, 1.82) is 0 Å². The minimum atomic E-state index is -0.835. The van der Waals surface area contributed by atoms with Crippen molar-refractivity contribution in [3.63, 3.8) is 0 Å². The summed E-state index contributed by atoms with van der Waals surface area (Å²) in [6, 6.07) is 4.04. The van der Waals surface area contributed by atoms with Crippen LogP contribution in [0.1, 0.15) is 36.8 Å². The minimum Gasteiger partial charge on any atom is -0.504 e. The van der Waals surface area contributed by atoms with Crippen LogP contribution in [-0.4, -0.2) is 59.5 Å². The number of benzene rings is 1. The van der Waals surface area contributed by atoms with Crippen molar-refractivity contribution >= 4 is 5.97 Å². The van der Waals surface area contributed by atoms with E-state index >= 15 is 0 Å². The highest BCUT2D eigenvalue weighted by molar-refractivity contribution is 5.70. The first-order chi connectivity index (χ1) is 14.9. The van der Waals surface area contributed by atoms with Crippen molar-refractivity contribution in [1.82, 2.24) is 4.90 Å². The maximum absolute atomic E-state index is 12.5. The Morgan fingerprint density at radius 2 is 2.23 bits per heavy atom. The van der Waals surface area contributed by atoms with Gasteiger partial charge in [0.2, 0.25) is 0 Å². The highest BCUT2D eigenvalue weighted by Crippen LogP contribution is 2.62. The Bertz CT molecular complexity index is 948. The second kappa shape index (κ2) is 7.40. The van der Waals surface area contributed by atoms with Gasteiger partial charge in [-0.3, -0.25) is 4.79 Å². The molecule has 31 heavy (non-hydrogen) atoms. The molecule has 2 heterocycles. The van der Waals surface area contributed by atoms with Crippen LogP contribution in [0.4, 0.5) is 0 Å². The standard InChI is InChI=1S/C22H26N2O7/c1-23-10-9-22-14-6-8-17(30-18(26)4-2-3-11-29-24(27)28)21(22)31-20-16(25)7-5-13(19(20)22)12-15(14)23/h5-8,14-15,17,21,25H,2-4,9-12H2,1H3/t14?,15?,17?,21?,22-/m0/s1. The molecule has 4 aliphatic rings. The molecule has 9 heteroatoms. The monoisotopic (exact) mass is 430 g/mol. The van der Waals surface area contributed by atoms with Crippen LogP contribution >= 0.6 is 0 Å². The van der Waals surface area contributed by atoms with Crippen molar-refractivity contribution in [2.24, 2.45) is 5.92 Å². The molecule has 1 aromatic carbocycles. The number of likely N-dealkylation sites (N-methyl/N-ethyl adjacent to an activating group) is 1. The van der Waals surface area contributed by atoms with Gasteiger partial charge in [-0.25, -0.2) is 0 Å². The zero-order chi connectivity index (χ0) is 21.8. The van der Waals surface area contributed by atoms with E-state index in [1.807, 2.05) is 12.1 Å². The molecule has 9 nitrogen and oxygen atoms in total. The molecule has 1 spiro atoms. The zero-order valence-electron chi connectivity index (χ0n) is 17.4. The van der Waals surface area contributed by atoms with Gasteiger partial charge in [0.1, 0.15) is 6.10 Å². The topological polar surface area (TPSA) is 111 Å². The SMILES string of the molecule is CN1CC[C@]23c4c5ccc(O)c4OC2C(OC(=O)CCCCO[N+](=O)[O-])C=CC3C1C5. The van der Waals surface area contributed by atoms with E-state index in [1.165, 1.54) is 5.56 Å². The molecule has 2 aliphatic heterocycles. The van der Waals surface area contributed by atoms with Crippen molar-refractivity contribution in [3.8, 4) is 11.5 Å². The van der Waals surface area contributed by atoms with Gasteiger partial charge in [-0.1, -0.05) is 12.1 Å². The summed E-state index contributed by atoms with van der Waals surface area (Å²) in [5, 5.41) is 19.9. The number of esters is 1. The van der Waals surface area contributed by atoms with Gasteiger partial charge < -0.3 is 24.3 Å². The molecule has 5 rings (SSSR count). The van der Waals surface area contributed by atoms with E-state index in [-0.39, 0.29) is 42.2 Å². The molecule has 2 bridgehead atoms. The smallest absolute Gasteiger partial charge is 0.306 e. The number of likely N-dealkylation sites (tertiary alicyclic amines) is 1. The average Bonchev–Trinajstić information content (AvgIpc) is 3.08. The Kier molecular flexibility index (Phi) is 4.80. The molecule has 0 saturated carbocycles. The van der Waals surface area contributed by atoms with Crippen LogP contribution in [0.3, 0.4) is 0 Å². The fourth-order valence-corrected chi connectivity index (χ4v) is 6.04. The van der Waals surface area contributed by atoms with Crippen LogP contribution in [0.25, 0.3) is 0 Å². The molecular weight excluding hydrogens is 404 g/mol. The molecule has 1 fully saturated rings. The van der Waals surface area contributed by atoms with Gasteiger partial charge in [-0.15, -0.1) is 10.1 Å². The van der Waals surface area contributed by atoms with Gasteiger partial charge in [0, 0.05) is 29.4 Å². The maximum atomic E-state index is 12.5. The van der Waals surface area contributed by atoms with E-state index in [4.69, 9.17) is 9.47 Å². The Morgan fingerprint density at radius 1 is 1.39 bits per heavy atom. The van der Waals surface area contributed by atoms with Crippen LogP contribution in [0, 0.1) is 16.0 Å². The molecule has 0 amide bonds. The number of hydrogen-bond donors (Lipinski definition) is 1. The molecule has 0 aromatic heterocycles. The first-order valence-electron chi connectivity index (χ1n) is 10.8. The second-order valence-corrected chi connectivity index (χ2v) is 8.91. The normalized spacial score (nSPS) is 32.2. The predicted octanol–water partition coefficient (Wildman–Crippen LogP) is 2.13. The fourth-order valence-electron chi connectivity index (χ4n) is 6.04. The first kappa shape index (κ1) is 20.1. The molecule has 2 aliphatic carbocycles. The summed E-state index contributed by atoms with van der Waals surface area (Å²) in [5.74, 6) is 0.544. The average molecular weight is 430 g/mol. The number of nitrogens with zero attached hydrogens (tertiary/aromatic N) is 2. The van der Waals surface area contributed by atoms with E-state index in [0.29, 0.717) is 24.6 Å². The Hall–Kier alpha value is -2.81. The molecule has 5 atom stereocenters. The number of phenolic OH excluding ortho intramolecular Hbond substituents is 1. The number of ether oxygens (including phenoxy) is 2. The summed E-state index contributed by atoms with van der Waals surface area (Å²) in [4.78, 5) is 29.3. The third-order valence-corrected chi connectivity index (χ3v) is 7.37. The number of carbonyl (C=O) groups is 1. The van der Waals surface area contributed by atoms with Gasteiger partial charge >= 0.3 is 5.97 Å². The quantitative estimate of drug-likeness (QED) is 0.230. The third-order valence-electron chi connectivity index (χ3n) is 7.37. The number of aromatic hydroxyl groups is 1. The predicted molar refractivity (Wildman–Crippen MR) is 108 cm³/mol. The lowest BCUT2D eigenvalue weighted by Gasteiger charge is -2.56.